The summed E-state index contributed by atoms with van der Waals surface area (Å²) in [7, 11) is 0. The maximum absolute atomic E-state index is 12.5. The zero-order valence-corrected chi connectivity index (χ0v) is 18.6. The number of carbonyl (C=O) groups excluding carboxylic acids is 3. The van der Waals surface area contributed by atoms with E-state index in [1.807, 2.05) is 47.0 Å². The van der Waals surface area contributed by atoms with Gasteiger partial charge in [0.25, 0.3) is 11.8 Å². The number of aromatic nitrogens is 4. The number of para-hydroxylation sites is 1. The smallest absolute Gasteiger partial charge is 0.259 e. The monoisotopic (exact) mass is 470 g/mol. The summed E-state index contributed by atoms with van der Waals surface area (Å²) in [5.41, 5.74) is 2.77. The van der Waals surface area contributed by atoms with Gasteiger partial charge in [0, 0.05) is 41.5 Å². The largest absolute Gasteiger partial charge is 0.326 e. The summed E-state index contributed by atoms with van der Waals surface area (Å²) in [6, 6.07) is 18.2. The van der Waals surface area contributed by atoms with Gasteiger partial charge in [0.05, 0.1) is 11.1 Å². The Morgan fingerprint density at radius 1 is 0.971 bits per heavy atom. The van der Waals surface area contributed by atoms with E-state index in [1.165, 1.54) is 23.9 Å². The fourth-order valence-electron chi connectivity index (χ4n) is 3.56. The zero-order chi connectivity index (χ0) is 23.5. The standard InChI is InChI=1S/C24H18N6O3S/c31-20(26-16-8-9-18-19(13-16)23(33)27-22(18)32)10-12-34-24-29-28-21(15-5-4-11-25-14-15)30(24)17-6-2-1-3-7-17/h1-9,11,13-14H,10,12H2,(H,26,31)(H,27,32,33). The number of thioether (sulfide) groups is 1. The van der Waals surface area contributed by atoms with Crippen LogP contribution in [0.5, 0.6) is 0 Å². The molecule has 10 heteroatoms. The number of hydrogen-bond acceptors (Lipinski definition) is 7. The van der Waals surface area contributed by atoms with E-state index < -0.39 is 11.8 Å². The molecule has 1 aliphatic rings. The van der Waals surface area contributed by atoms with Crippen molar-refractivity contribution in [3.05, 3.63) is 84.2 Å². The lowest BCUT2D eigenvalue weighted by Crippen LogP contribution is -2.19. The maximum Gasteiger partial charge on any atom is 0.259 e. The van der Waals surface area contributed by atoms with Crippen LogP contribution in [-0.2, 0) is 4.79 Å². The summed E-state index contributed by atoms with van der Waals surface area (Å²) < 4.78 is 1.94. The third kappa shape index (κ3) is 4.30. The van der Waals surface area contributed by atoms with E-state index in [2.05, 4.69) is 25.8 Å². The molecule has 9 nitrogen and oxygen atoms in total. The van der Waals surface area contributed by atoms with Crippen molar-refractivity contribution in [2.45, 2.75) is 11.6 Å². The van der Waals surface area contributed by atoms with Crippen LogP contribution in [0.2, 0.25) is 0 Å². The number of fused-ring (bicyclic) bond motifs is 1. The van der Waals surface area contributed by atoms with Gasteiger partial charge in [-0.05, 0) is 42.5 Å². The number of nitrogens with zero attached hydrogens (tertiary/aromatic N) is 4. The molecule has 0 atom stereocenters. The number of carbonyl (C=O) groups is 3. The first-order valence-corrected chi connectivity index (χ1v) is 11.4. The van der Waals surface area contributed by atoms with Crippen molar-refractivity contribution in [1.82, 2.24) is 25.1 Å². The molecule has 168 valence electrons. The van der Waals surface area contributed by atoms with Crippen LogP contribution in [0.1, 0.15) is 27.1 Å². The van der Waals surface area contributed by atoms with E-state index in [0.717, 1.165) is 11.3 Å². The topological polar surface area (TPSA) is 119 Å². The van der Waals surface area contributed by atoms with Gasteiger partial charge in [-0.3, -0.25) is 29.3 Å². The Bertz CT molecular complexity index is 1390. The first-order valence-electron chi connectivity index (χ1n) is 10.4. The normalized spacial score (nSPS) is 12.4. The molecule has 2 N–H and O–H groups in total. The number of pyridine rings is 1. The molecule has 1 aliphatic heterocycles. The van der Waals surface area contributed by atoms with Crippen LogP contribution in [-0.4, -0.2) is 43.2 Å². The van der Waals surface area contributed by atoms with E-state index >= 15 is 0 Å². The third-order valence-electron chi connectivity index (χ3n) is 5.15. The molecule has 4 aromatic rings. The lowest BCUT2D eigenvalue weighted by atomic mass is 10.1. The van der Waals surface area contributed by atoms with E-state index in [4.69, 9.17) is 0 Å². The predicted octanol–water partition coefficient (Wildman–Crippen LogP) is 3.33. The van der Waals surface area contributed by atoms with Gasteiger partial charge in [-0.25, -0.2) is 0 Å². The first kappa shape index (κ1) is 21.5. The number of amides is 3. The van der Waals surface area contributed by atoms with Crippen molar-refractivity contribution >= 4 is 35.2 Å². The van der Waals surface area contributed by atoms with Crippen molar-refractivity contribution in [1.29, 1.82) is 0 Å². The summed E-state index contributed by atoms with van der Waals surface area (Å²) in [6.07, 6.45) is 3.65. The minimum atomic E-state index is -0.462. The van der Waals surface area contributed by atoms with Crippen molar-refractivity contribution < 1.29 is 14.4 Å². The molecule has 0 saturated heterocycles. The van der Waals surface area contributed by atoms with Crippen LogP contribution < -0.4 is 10.6 Å². The molecule has 0 saturated carbocycles. The van der Waals surface area contributed by atoms with Crippen LogP contribution in [0.3, 0.4) is 0 Å². The summed E-state index contributed by atoms with van der Waals surface area (Å²) in [5, 5.41) is 14.4. The van der Waals surface area contributed by atoms with Crippen molar-refractivity contribution in [2.75, 3.05) is 11.1 Å². The van der Waals surface area contributed by atoms with Crippen LogP contribution in [0, 0.1) is 0 Å². The predicted molar refractivity (Wildman–Crippen MR) is 127 cm³/mol. The molecule has 2 aromatic carbocycles. The van der Waals surface area contributed by atoms with Gasteiger partial charge in [-0.2, -0.15) is 0 Å². The highest BCUT2D eigenvalue weighted by atomic mass is 32.2. The highest BCUT2D eigenvalue weighted by Gasteiger charge is 2.26. The molecule has 2 aromatic heterocycles. The molecular formula is C24H18N6O3S. The molecule has 3 amide bonds. The SMILES string of the molecule is O=C(CCSc1nnc(-c2cccnc2)n1-c1ccccc1)Nc1ccc2c(c1)C(=O)NC2=O. The number of anilines is 1. The molecule has 3 heterocycles. The van der Waals surface area contributed by atoms with E-state index in [9.17, 15) is 14.4 Å². The van der Waals surface area contributed by atoms with Gasteiger partial charge >= 0.3 is 0 Å². The summed E-state index contributed by atoms with van der Waals surface area (Å²) in [4.78, 5) is 40.2. The minimum absolute atomic E-state index is 0.213. The highest BCUT2D eigenvalue weighted by Crippen LogP contribution is 2.28. The molecule has 0 spiro atoms. The number of imide groups is 1. The number of benzene rings is 2. The van der Waals surface area contributed by atoms with Gasteiger partial charge in [0.1, 0.15) is 0 Å². The molecule has 0 aliphatic carbocycles. The fourth-order valence-corrected chi connectivity index (χ4v) is 4.45. The average molecular weight is 471 g/mol. The van der Waals surface area contributed by atoms with Crippen molar-refractivity contribution in [3.8, 4) is 17.1 Å². The van der Waals surface area contributed by atoms with Crippen LogP contribution in [0.4, 0.5) is 5.69 Å². The van der Waals surface area contributed by atoms with Crippen LogP contribution in [0.15, 0.2) is 78.2 Å². The highest BCUT2D eigenvalue weighted by molar-refractivity contribution is 7.99. The molecule has 0 radical (unpaired) electrons. The number of rotatable bonds is 7. The Labute approximate surface area is 198 Å². The minimum Gasteiger partial charge on any atom is -0.326 e. The number of nitrogens with one attached hydrogen (secondary N) is 2. The van der Waals surface area contributed by atoms with Crippen molar-refractivity contribution in [3.63, 3.8) is 0 Å². The maximum atomic E-state index is 12.5. The van der Waals surface area contributed by atoms with Crippen LogP contribution in [0.25, 0.3) is 17.1 Å². The van der Waals surface area contributed by atoms with Gasteiger partial charge in [0.2, 0.25) is 5.91 Å². The Kier molecular flexibility index (Phi) is 5.88. The summed E-state index contributed by atoms with van der Waals surface area (Å²) >= 11 is 1.42. The molecular weight excluding hydrogens is 452 g/mol. The summed E-state index contributed by atoms with van der Waals surface area (Å²) in [6.45, 7) is 0. The second-order valence-electron chi connectivity index (χ2n) is 7.41. The first-order chi connectivity index (χ1) is 16.6. The van der Waals surface area contributed by atoms with Crippen molar-refractivity contribution in [2.24, 2.45) is 0 Å². The molecule has 5 rings (SSSR count). The van der Waals surface area contributed by atoms with E-state index in [-0.39, 0.29) is 17.9 Å². The quantitative estimate of drug-likeness (QED) is 0.314. The Hall–Kier alpha value is -4.31. The van der Waals surface area contributed by atoms with Crippen LogP contribution >= 0.6 is 11.8 Å². The Morgan fingerprint density at radius 2 is 1.79 bits per heavy atom. The third-order valence-corrected chi connectivity index (χ3v) is 6.08. The Balaban J connectivity index is 1.28. The van der Waals surface area contributed by atoms with Gasteiger partial charge < -0.3 is 5.32 Å². The van der Waals surface area contributed by atoms with E-state index in [0.29, 0.717) is 28.0 Å². The van der Waals surface area contributed by atoms with E-state index in [1.54, 1.807) is 18.5 Å². The lowest BCUT2D eigenvalue weighted by Gasteiger charge is -2.10. The van der Waals surface area contributed by atoms with Gasteiger partial charge in [-0.1, -0.05) is 30.0 Å². The molecule has 34 heavy (non-hydrogen) atoms. The average Bonchev–Trinajstić information content (AvgIpc) is 3.40. The second-order valence-corrected chi connectivity index (χ2v) is 8.47. The lowest BCUT2D eigenvalue weighted by molar-refractivity contribution is -0.115. The fraction of sp³-hybridized carbons (Fsp3) is 0.0833. The van der Waals surface area contributed by atoms with Gasteiger partial charge in [-0.15, -0.1) is 10.2 Å². The van der Waals surface area contributed by atoms with Gasteiger partial charge in [0.15, 0.2) is 11.0 Å². The zero-order valence-electron chi connectivity index (χ0n) is 17.8. The second kappa shape index (κ2) is 9.28. The molecule has 0 bridgehead atoms. The summed E-state index contributed by atoms with van der Waals surface area (Å²) in [5.74, 6) is 0.0275. The molecule has 0 fully saturated rings. The number of hydrogen-bond donors (Lipinski definition) is 2. The Morgan fingerprint density at radius 3 is 2.59 bits per heavy atom. The molecule has 0 unspecified atom stereocenters.